The molecule has 0 atom stereocenters. The molecule has 84 valence electrons. The molecule has 0 bridgehead atoms. The van der Waals surface area contributed by atoms with E-state index in [2.05, 4.69) is 22.0 Å². The maximum atomic E-state index is 9.18. The Kier molecular flexibility index (Phi) is 3.46. The van der Waals surface area contributed by atoms with Gasteiger partial charge in [-0.1, -0.05) is 24.3 Å². The lowest BCUT2D eigenvalue weighted by Gasteiger charge is -2.07. The van der Waals surface area contributed by atoms with Crippen LogP contribution < -0.4 is 4.74 Å². The van der Waals surface area contributed by atoms with Crippen molar-refractivity contribution in [3.05, 3.63) is 52.5 Å². The molecule has 0 aromatic heterocycles. The first kappa shape index (κ1) is 11.7. The fourth-order valence-electron chi connectivity index (χ4n) is 1.67. The van der Waals surface area contributed by atoms with E-state index in [1.165, 1.54) is 0 Å². The lowest BCUT2D eigenvalue weighted by molar-refractivity contribution is 0.415. The number of ether oxygens (including phenoxy) is 1. The quantitative estimate of drug-likeness (QED) is 0.837. The van der Waals surface area contributed by atoms with Crippen LogP contribution in [-0.2, 0) is 0 Å². The Morgan fingerprint density at radius 2 is 1.94 bits per heavy atom. The van der Waals surface area contributed by atoms with Crippen molar-refractivity contribution in [3.63, 3.8) is 0 Å². The van der Waals surface area contributed by atoms with E-state index in [9.17, 15) is 5.26 Å². The van der Waals surface area contributed by atoms with Crippen molar-refractivity contribution in [2.45, 2.75) is 0 Å². The van der Waals surface area contributed by atoms with Crippen LogP contribution in [0.15, 0.2) is 46.9 Å². The highest BCUT2D eigenvalue weighted by Crippen LogP contribution is 2.30. The second kappa shape index (κ2) is 5.03. The van der Waals surface area contributed by atoms with Crippen LogP contribution in [0, 0.1) is 11.3 Å². The zero-order valence-corrected chi connectivity index (χ0v) is 10.9. The van der Waals surface area contributed by atoms with Gasteiger partial charge < -0.3 is 4.74 Å². The molecule has 0 fully saturated rings. The van der Waals surface area contributed by atoms with Crippen LogP contribution in [0.2, 0.25) is 0 Å². The molecule has 2 rings (SSSR count). The SMILES string of the molecule is COc1cccc(-c2cccc(Br)c2C#N)c1. The number of benzene rings is 2. The zero-order chi connectivity index (χ0) is 12.3. The van der Waals surface area contributed by atoms with Gasteiger partial charge in [0.05, 0.1) is 12.7 Å². The molecule has 0 amide bonds. The minimum absolute atomic E-state index is 0.640. The summed E-state index contributed by atoms with van der Waals surface area (Å²) in [5.74, 6) is 0.784. The van der Waals surface area contributed by atoms with Crippen molar-refractivity contribution in [2.24, 2.45) is 0 Å². The minimum Gasteiger partial charge on any atom is -0.497 e. The highest BCUT2D eigenvalue weighted by atomic mass is 79.9. The van der Waals surface area contributed by atoms with Gasteiger partial charge in [0.1, 0.15) is 11.8 Å². The fourth-order valence-corrected chi connectivity index (χ4v) is 2.12. The van der Waals surface area contributed by atoms with Crippen LogP contribution in [-0.4, -0.2) is 7.11 Å². The van der Waals surface area contributed by atoms with Gasteiger partial charge in [-0.15, -0.1) is 0 Å². The van der Waals surface area contributed by atoms with E-state index in [-0.39, 0.29) is 0 Å². The number of hydrogen-bond donors (Lipinski definition) is 0. The third kappa shape index (κ3) is 2.32. The molecule has 0 radical (unpaired) electrons. The number of hydrogen-bond acceptors (Lipinski definition) is 2. The maximum Gasteiger partial charge on any atom is 0.119 e. The molecule has 0 aliphatic heterocycles. The molecule has 3 heteroatoms. The van der Waals surface area contributed by atoms with Crippen molar-refractivity contribution in [1.29, 1.82) is 5.26 Å². The zero-order valence-electron chi connectivity index (χ0n) is 9.27. The summed E-state index contributed by atoms with van der Waals surface area (Å²) >= 11 is 3.39. The van der Waals surface area contributed by atoms with Gasteiger partial charge in [0.25, 0.3) is 0 Å². The molecule has 0 unspecified atom stereocenters. The fraction of sp³-hybridized carbons (Fsp3) is 0.0714. The Bertz CT molecular complexity index is 587. The molecule has 0 heterocycles. The number of nitriles is 1. The second-order valence-electron chi connectivity index (χ2n) is 3.51. The van der Waals surface area contributed by atoms with Gasteiger partial charge in [-0.25, -0.2) is 0 Å². The number of nitrogens with zero attached hydrogens (tertiary/aromatic N) is 1. The van der Waals surface area contributed by atoms with Gasteiger partial charge >= 0.3 is 0 Å². The Balaban J connectivity index is 2.61. The first-order valence-electron chi connectivity index (χ1n) is 5.09. The van der Waals surface area contributed by atoms with Crippen LogP contribution >= 0.6 is 15.9 Å². The lowest BCUT2D eigenvalue weighted by atomic mass is 10.0. The van der Waals surface area contributed by atoms with E-state index < -0.39 is 0 Å². The Morgan fingerprint density at radius 3 is 2.65 bits per heavy atom. The third-order valence-corrected chi connectivity index (χ3v) is 3.17. The smallest absolute Gasteiger partial charge is 0.119 e. The average Bonchev–Trinajstić information content (AvgIpc) is 2.38. The molecule has 2 nitrogen and oxygen atoms in total. The Labute approximate surface area is 109 Å². The van der Waals surface area contributed by atoms with E-state index >= 15 is 0 Å². The second-order valence-corrected chi connectivity index (χ2v) is 4.36. The van der Waals surface area contributed by atoms with Crippen LogP contribution in [0.5, 0.6) is 5.75 Å². The van der Waals surface area contributed by atoms with Crippen LogP contribution in [0.1, 0.15) is 5.56 Å². The predicted molar refractivity (Wildman–Crippen MR) is 70.8 cm³/mol. The molecule has 0 saturated heterocycles. The van der Waals surface area contributed by atoms with Crippen LogP contribution in [0.3, 0.4) is 0 Å². The number of methoxy groups -OCH3 is 1. The molecule has 0 N–H and O–H groups in total. The summed E-state index contributed by atoms with van der Waals surface area (Å²) in [5.41, 5.74) is 2.52. The molecule has 0 aliphatic rings. The summed E-state index contributed by atoms with van der Waals surface area (Å²) < 4.78 is 5.99. The van der Waals surface area contributed by atoms with Crippen molar-refractivity contribution in [2.75, 3.05) is 7.11 Å². The Hall–Kier alpha value is -1.79. The summed E-state index contributed by atoms with van der Waals surface area (Å²) in [6, 6.07) is 15.6. The maximum absolute atomic E-state index is 9.18. The highest BCUT2D eigenvalue weighted by Gasteiger charge is 2.08. The van der Waals surface area contributed by atoms with Crippen molar-refractivity contribution in [1.82, 2.24) is 0 Å². The van der Waals surface area contributed by atoms with Gasteiger partial charge in [-0.3, -0.25) is 0 Å². The van der Waals surface area contributed by atoms with Gasteiger partial charge in [-0.2, -0.15) is 5.26 Å². The first-order chi connectivity index (χ1) is 8.26. The highest BCUT2D eigenvalue weighted by molar-refractivity contribution is 9.10. The standard InChI is InChI=1S/C14H10BrNO/c1-17-11-5-2-4-10(8-11)12-6-3-7-14(15)13(12)9-16/h2-8H,1H3. The van der Waals surface area contributed by atoms with E-state index in [0.717, 1.165) is 21.3 Å². The summed E-state index contributed by atoms with van der Waals surface area (Å²) in [5, 5.41) is 9.18. The molecule has 0 saturated carbocycles. The van der Waals surface area contributed by atoms with Crippen LogP contribution in [0.4, 0.5) is 0 Å². The largest absolute Gasteiger partial charge is 0.497 e. The molecule has 17 heavy (non-hydrogen) atoms. The summed E-state index contributed by atoms with van der Waals surface area (Å²) in [6.07, 6.45) is 0. The van der Waals surface area contributed by atoms with Crippen LogP contribution in [0.25, 0.3) is 11.1 Å². The normalized spacial score (nSPS) is 9.71. The average molecular weight is 288 g/mol. The van der Waals surface area contributed by atoms with Gasteiger partial charge in [-0.05, 0) is 39.7 Å². The predicted octanol–water partition coefficient (Wildman–Crippen LogP) is 4.00. The van der Waals surface area contributed by atoms with E-state index in [0.29, 0.717) is 5.56 Å². The minimum atomic E-state index is 0.640. The molecule has 2 aromatic rings. The molecular weight excluding hydrogens is 278 g/mol. The lowest BCUT2D eigenvalue weighted by Crippen LogP contribution is -1.87. The molecule has 0 aliphatic carbocycles. The Morgan fingerprint density at radius 1 is 1.18 bits per heavy atom. The van der Waals surface area contributed by atoms with E-state index in [1.807, 2.05) is 42.5 Å². The monoisotopic (exact) mass is 287 g/mol. The van der Waals surface area contributed by atoms with Crippen molar-refractivity contribution >= 4 is 15.9 Å². The van der Waals surface area contributed by atoms with Gasteiger partial charge in [0, 0.05) is 10.0 Å². The summed E-state index contributed by atoms with van der Waals surface area (Å²) in [7, 11) is 1.63. The van der Waals surface area contributed by atoms with E-state index in [4.69, 9.17) is 4.74 Å². The molecule has 2 aromatic carbocycles. The van der Waals surface area contributed by atoms with Crippen molar-refractivity contribution in [3.8, 4) is 22.9 Å². The number of rotatable bonds is 2. The summed E-state index contributed by atoms with van der Waals surface area (Å²) in [4.78, 5) is 0. The van der Waals surface area contributed by atoms with Gasteiger partial charge in [0.2, 0.25) is 0 Å². The molecular formula is C14H10BrNO. The summed E-state index contributed by atoms with van der Waals surface area (Å²) in [6.45, 7) is 0. The number of halogens is 1. The third-order valence-electron chi connectivity index (χ3n) is 2.51. The first-order valence-corrected chi connectivity index (χ1v) is 5.88. The molecule has 0 spiro atoms. The van der Waals surface area contributed by atoms with E-state index in [1.54, 1.807) is 7.11 Å². The van der Waals surface area contributed by atoms with Crippen molar-refractivity contribution < 1.29 is 4.74 Å². The topological polar surface area (TPSA) is 33.0 Å². The van der Waals surface area contributed by atoms with Gasteiger partial charge in [0.15, 0.2) is 0 Å².